The van der Waals surface area contributed by atoms with Gasteiger partial charge in [-0.25, -0.2) is 0 Å². The monoisotopic (exact) mass is 132 g/mol. The van der Waals surface area contributed by atoms with E-state index in [1.165, 1.54) is 0 Å². The van der Waals surface area contributed by atoms with Gasteiger partial charge in [0.25, 0.3) is 0 Å². The zero-order valence-electron chi connectivity index (χ0n) is 4.55. The van der Waals surface area contributed by atoms with Crippen molar-refractivity contribution < 1.29 is 9.29 Å². The first-order valence-corrected chi connectivity index (χ1v) is 4.29. The van der Waals surface area contributed by atoms with Crippen LogP contribution in [0.15, 0.2) is 0 Å². The molecule has 0 aromatic rings. The van der Waals surface area contributed by atoms with E-state index in [-0.39, 0.29) is 5.60 Å². The molecule has 1 spiro atoms. The first kappa shape index (κ1) is 5.09. The summed E-state index contributed by atoms with van der Waals surface area (Å²) in [4.78, 5) is 0. The third kappa shape index (κ3) is 0.522. The second-order valence-corrected chi connectivity index (χ2v) is 3.97. The molecule has 2 aliphatic rings. The molecule has 2 fully saturated rings. The van der Waals surface area contributed by atoms with Gasteiger partial charge in [-0.3, -0.25) is 0 Å². The van der Waals surface area contributed by atoms with Gasteiger partial charge in [0, 0.05) is 6.42 Å². The summed E-state index contributed by atoms with van der Waals surface area (Å²) in [6.07, 6.45) is 1.14. The molecule has 0 aromatic heterocycles. The van der Waals surface area contributed by atoms with Gasteiger partial charge in [-0.15, -0.1) is 0 Å². The summed E-state index contributed by atoms with van der Waals surface area (Å²) in [6.45, 7) is 0.886. The zero-order chi connectivity index (χ0) is 5.61. The second-order valence-electron chi connectivity index (χ2n) is 2.51. The molecule has 0 aliphatic carbocycles. The lowest BCUT2D eigenvalue weighted by Gasteiger charge is -2.47. The van der Waals surface area contributed by atoms with E-state index in [0.29, 0.717) is 0 Å². The maximum absolute atomic E-state index is 10.5. The second kappa shape index (κ2) is 1.40. The molecule has 0 saturated carbocycles. The number of ether oxygens (including phenoxy) is 1. The van der Waals surface area contributed by atoms with Crippen molar-refractivity contribution in [3.8, 4) is 0 Å². The summed E-state index contributed by atoms with van der Waals surface area (Å²) in [5.41, 5.74) is 0.116. The average molecular weight is 132 g/mol. The van der Waals surface area contributed by atoms with Crippen LogP contribution < -0.4 is 0 Å². The zero-order valence-corrected chi connectivity index (χ0v) is 5.37. The maximum atomic E-state index is 10.5. The van der Waals surface area contributed by atoms with Crippen LogP contribution in [0.2, 0.25) is 0 Å². The maximum Gasteiger partial charge on any atom is 0.159 e. The van der Waals surface area contributed by atoms with Gasteiger partial charge in [-0.2, -0.15) is 0 Å². The molecule has 2 saturated heterocycles. The van der Waals surface area contributed by atoms with Crippen LogP contribution in [0, 0.1) is 0 Å². The van der Waals surface area contributed by atoms with Crippen molar-refractivity contribution >= 4 is 11.2 Å². The Morgan fingerprint density at radius 3 is 2.25 bits per heavy atom. The predicted molar refractivity (Wildman–Crippen MR) is 31.2 cm³/mol. The van der Waals surface area contributed by atoms with Crippen LogP contribution in [-0.2, 0) is 15.9 Å². The Morgan fingerprint density at radius 2 is 2.12 bits per heavy atom. The van der Waals surface area contributed by atoms with E-state index in [1.807, 2.05) is 0 Å². The van der Waals surface area contributed by atoms with Crippen molar-refractivity contribution in [2.45, 2.75) is 12.0 Å². The highest BCUT2D eigenvalue weighted by atomic mass is 32.2. The van der Waals surface area contributed by atoms with Crippen LogP contribution in [0.5, 0.6) is 0 Å². The third-order valence-corrected chi connectivity index (χ3v) is 3.51. The Hall–Kier alpha value is 0.270. The minimum absolute atomic E-state index is 0.116. The fourth-order valence-electron chi connectivity index (χ4n) is 1.16. The Labute approximate surface area is 51.4 Å². The number of hydrogen-bond acceptors (Lipinski definition) is 2. The molecule has 0 atom stereocenters. The van der Waals surface area contributed by atoms with E-state index >= 15 is 0 Å². The van der Waals surface area contributed by atoms with E-state index < -0.39 is 11.2 Å². The molecule has 46 valence electrons. The van der Waals surface area contributed by atoms with Gasteiger partial charge >= 0.3 is 0 Å². The van der Waals surface area contributed by atoms with Gasteiger partial charge in [0.05, 0.1) is 6.61 Å². The average Bonchev–Trinajstić information content (AvgIpc) is 1.51. The lowest BCUT2D eigenvalue weighted by molar-refractivity contribution is -0.124. The van der Waals surface area contributed by atoms with Crippen LogP contribution in [0.1, 0.15) is 6.42 Å². The molecule has 0 bridgehead atoms. The van der Waals surface area contributed by atoms with Gasteiger partial charge < -0.3 is 9.29 Å². The highest BCUT2D eigenvalue weighted by molar-refractivity contribution is 7.93. The SMILES string of the molecule is [O-][S+]1CC2(CCO2)C1. The van der Waals surface area contributed by atoms with E-state index in [1.54, 1.807) is 0 Å². The van der Waals surface area contributed by atoms with E-state index in [2.05, 4.69) is 0 Å². The fraction of sp³-hybridized carbons (Fsp3) is 1.00. The molecule has 2 rings (SSSR count). The smallest absolute Gasteiger partial charge is 0.159 e. The molecule has 8 heavy (non-hydrogen) atoms. The van der Waals surface area contributed by atoms with Crippen molar-refractivity contribution in [1.29, 1.82) is 0 Å². The van der Waals surface area contributed by atoms with Crippen molar-refractivity contribution in [2.24, 2.45) is 0 Å². The highest BCUT2D eigenvalue weighted by Crippen LogP contribution is 2.37. The molecule has 0 radical (unpaired) electrons. The van der Waals surface area contributed by atoms with Gasteiger partial charge in [0.15, 0.2) is 5.60 Å². The first-order chi connectivity index (χ1) is 3.81. The Kier molecular flexibility index (Phi) is 0.892. The number of rotatable bonds is 0. The lowest BCUT2D eigenvalue weighted by Crippen LogP contribution is -2.62. The van der Waals surface area contributed by atoms with Crippen LogP contribution in [0.25, 0.3) is 0 Å². The summed E-state index contributed by atoms with van der Waals surface area (Å²) < 4.78 is 15.8. The van der Waals surface area contributed by atoms with Gasteiger partial charge in [-0.05, 0) is 11.2 Å². The van der Waals surface area contributed by atoms with E-state index in [0.717, 1.165) is 24.5 Å². The van der Waals surface area contributed by atoms with Crippen LogP contribution in [0.3, 0.4) is 0 Å². The summed E-state index contributed by atoms with van der Waals surface area (Å²) >= 11 is -0.535. The first-order valence-electron chi connectivity index (χ1n) is 2.80. The summed E-state index contributed by atoms with van der Waals surface area (Å²) in [7, 11) is 0. The molecule has 0 aromatic carbocycles. The predicted octanol–water partition coefficient (Wildman–Crippen LogP) is -0.0922. The van der Waals surface area contributed by atoms with Gasteiger partial charge in [0.1, 0.15) is 11.5 Å². The topological polar surface area (TPSA) is 32.3 Å². The molecule has 2 nitrogen and oxygen atoms in total. The number of hydrogen-bond donors (Lipinski definition) is 0. The van der Waals surface area contributed by atoms with Crippen molar-refractivity contribution in [3.05, 3.63) is 0 Å². The molecule has 3 heteroatoms. The van der Waals surface area contributed by atoms with Gasteiger partial charge in [0.2, 0.25) is 0 Å². The lowest BCUT2D eigenvalue weighted by atomic mass is 9.99. The van der Waals surface area contributed by atoms with E-state index in [4.69, 9.17) is 4.74 Å². The van der Waals surface area contributed by atoms with Crippen molar-refractivity contribution in [2.75, 3.05) is 18.1 Å². The normalized spacial score (nSPS) is 52.9. The molecule has 2 heterocycles. The Bertz CT molecular complexity index is 103. The minimum atomic E-state index is -0.535. The van der Waals surface area contributed by atoms with E-state index in [9.17, 15) is 4.55 Å². The minimum Gasteiger partial charge on any atom is -0.616 e. The Balaban J connectivity index is 1.92. The van der Waals surface area contributed by atoms with Crippen molar-refractivity contribution in [1.82, 2.24) is 0 Å². The molecule has 0 unspecified atom stereocenters. The summed E-state index contributed by atoms with van der Waals surface area (Å²) in [6, 6.07) is 0. The molecule has 2 aliphatic heterocycles. The largest absolute Gasteiger partial charge is 0.616 e. The summed E-state index contributed by atoms with van der Waals surface area (Å²) in [5, 5.41) is 0. The quantitative estimate of drug-likeness (QED) is 0.431. The fourth-order valence-corrected chi connectivity index (χ4v) is 2.71. The Morgan fingerprint density at radius 1 is 1.50 bits per heavy atom. The molecule has 0 N–H and O–H groups in total. The summed E-state index contributed by atoms with van der Waals surface area (Å²) in [5.74, 6) is 1.60. The van der Waals surface area contributed by atoms with Crippen LogP contribution in [-0.4, -0.2) is 28.3 Å². The highest BCUT2D eigenvalue weighted by Gasteiger charge is 2.54. The van der Waals surface area contributed by atoms with Crippen molar-refractivity contribution in [3.63, 3.8) is 0 Å². The molecular formula is C5H8O2S. The van der Waals surface area contributed by atoms with Crippen LogP contribution in [0.4, 0.5) is 0 Å². The standard InChI is InChI=1S/C5H8O2S/c6-8-3-5(4-8)1-2-7-5/h1-4H2. The third-order valence-electron chi connectivity index (χ3n) is 1.81. The van der Waals surface area contributed by atoms with Gasteiger partial charge in [-0.1, -0.05) is 0 Å². The van der Waals surface area contributed by atoms with Crippen LogP contribution >= 0.6 is 0 Å². The molecule has 0 amide bonds. The molecular weight excluding hydrogens is 124 g/mol.